The van der Waals surface area contributed by atoms with Crippen LogP contribution >= 0.6 is 0 Å². The van der Waals surface area contributed by atoms with Crippen molar-refractivity contribution in [2.24, 2.45) is 17.6 Å². The largest absolute Gasteiger partial charge is 0.377 e. The lowest BCUT2D eigenvalue weighted by Crippen LogP contribution is -2.55. The van der Waals surface area contributed by atoms with Crippen molar-refractivity contribution in [1.29, 1.82) is 0 Å². The Balaban J connectivity index is 1.45. The van der Waals surface area contributed by atoms with Crippen molar-refractivity contribution in [3.8, 4) is 0 Å². The molecule has 0 aromatic heterocycles. The smallest absolute Gasteiger partial charge is 0.244 e. The number of hydrogen-bond donors (Lipinski definition) is 3. The van der Waals surface area contributed by atoms with Crippen molar-refractivity contribution < 1.29 is 9.90 Å². The van der Waals surface area contributed by atoms with Gasteiger partial charge in [0, 0.05) is 25.0 Å². The highest BCUT2D eigenvalue weighted by molar-refractivity contribution is 5.88. The van der Waals surface area contributed by atoms with Gasteiger partial charge in [0.15, 0.2) is 0 Å². The number of nitrogens with two attached hydrogens (primary N) is 1. The minimum atomic E-state index is -0.581. The second-order valence-electron chi connectivity index (χ2n) is 11.1. The van der Waals surface area contributed by atoms with Gasteiger partial charge in [0.1, 0.15) is 12.5 Å². The highest BCUT2D eigenvalue weighted by atomic mass is 16.3. The second-order valence-corrected chi connectivity index (χ2v) is 11.1. The third-order valence-electron chi connectivity index (χ3n) is 8.04. The predicted molar refractivity (Wildman–Crippen MR) is 128 cm³/mol. The normalized spacial score (nSPS) is 32.1. The molecule has 1 amide bonds. The summed E-state index contributed by atoms with van der Waals surface area (Å²) in [5.74, 6) is 0.864. The molecule has 6 nitrogen and oxygen atoms in total. The Labute approximate surface area is 193 Å². The number of benzene rings is 1. The molecule has 2 saturated heterocycles. The first-order valence-electron chi connectivity index (χ1n) is 12.6. The first kappa shape index (κ1) is 23.7. The minimum absolute atomic E-state index is 0.118. The molecule has 0 spiro atoms. The Hall–Kier alpha value is -1.47. The molecule has 1 aromatic carbocycles. The van der Waals surface area contributed by atoms with E-state index in [-0.39, 0.29) is 11.3 Å². The summed E-state index contributed by atoms with van der Waals surface area (Å²) in [6.45, 7) is 8.64. The lowest BCUT2D eigenvalue weighted by atomic mass is 9.76. The van der Waals surface area contributed by atoms with Crippen molar-refractivity contribution in [2.75, 3.05) is 19.6 Å². The molecule has 32 heavy (non-hydrogen) atoms. The maximum absolute atomic E-state index is 13.2. The number of nitrogens with zero attached hydrogens (tertiary/aromatic N) is 2. The quantitative estimate of drug-likeness (QED) is 0.605. The van der Waals surface area contributed by atoms with Gasteiger partial charge in [0.2, 0.25) is 5.91 Å². The van der Waals surface area contributed by atoms with E-state index in [4.69, 9.17) is 5.73 Å². The molecule has 4 rings (SSSR count). The molecule has 4 N–H and O–H groups in total. The number of likely N-dealkylation sites (tertiary alicyclic amines) is 1. The highest BCUT2D eigenvalue weighted by Gasteiger charge is 2.49. The summed E-state index contributed by atoms with van der Waals surface area (Å²) >= 11 is 0. The average molecular weight is 443 g/mol. The van der Waals surface area contributed by atoms with Gasteiger partial charge in [-0.2, -0.15) is 0 Å². The number of rotatable bonds is 7. The molecule has 4 unspecified atom stereocenters. The van der Waals surface area contributed by atoms with E-state index in [1.807, 2.05) is 17.9 Å². The van der Waals surface area contributed by atoms with Gasteiger partial charge in [-0.1, -0.05) is 57.0 Å². The van der Waals surface area contributed by atoms with E-state index in [0.717, 1.165) is 45.2 Å². The molecular formula is C26H42N4O2. The fraction of sp³-hybridized carbons (Fsp3) is 0.731. The molecule has 1 saturated carbocycles. The summed E-state index contributed by atoms with van der Waals surface area (Å²) in [6.07, 6.45) is 6.38. The van der Waals surface area contributed by atoms with Crippen LogP contribution in [0, 0.1) is 11.8 Å². The molecule has 1 aliphatic carbocycles. The van der Waals surface area contributed by atoms with E-state index in [0.29, 0.717) is 18.4 Å². The summed E-state index contributed by atoms with van der Waals surface area (Å²) < 4.78 is 0. The van der Waals surface area contributed by atoms with Gasteiger partial charge < -0.3 is 10.0 Å². The summed E-state index contributed by atoms with van der Waals surface area (Å²) in [7, 11) is 0. The molecule has 4 atom stereocenters. The number of amides is 1. The van der Waals surface area contributed by atoms with Crippen LogP contribution in [0.2, 0.25) is 0 Å². The van der Waals surface area contributed by atoms with Crippen LogP contribution in [-0.2, 0) is 10.2 Å². The number of aliphatic hydroxyl groups excluding tert-OH is 1. The molecule has 0 bridgehead atoms. The molecule has 0 radical (unpaired) electrons. The van der Waals surface area contributed by atoms with Crippen molar-refractivity contribution in [2.45, 2.75) is 89.2 Å². The van der Waals surface area contributed by atoms with Gasteiger partial charge in [0.25, 0.3) is 0 Å². The average Bonchev–Trinajstić information content (AvgIpc) is 3.34. The highest BCUT2D eigenvalue weighted by Crippen LogP contribution is 2.45. The topological polar surface area (TPSA) is 81.8 Å². The van der Waals surface area contributed by atoms with Gasteiger partial charge in [-0.25, -0.2) is 0 Å². The molecule has 2 heterocycles. The summed E-state index contributed by atoms with van der Waals surface area (Å²) in [4.78, 5) is 17.3. The number of nitrogens with one attached hydrogen (secondary N) is 1. The van der Waals surface area contributed by atoms with Gasteiger partial charge in [-0.05, 0) is 56.4 Å². The van der Waals surface area contributed by atoms with Crippen LogP contribution in [0.15, 0.2) is 30.3 Å². The number of hydrogen-bond acceptors (Lipinski definition) is 5. The number of piperidine rings is 1. The van der Waals surface area contributed by atoms with Crippen molar-refractivity contribution in [3.05, 3.63) is 35.9 Å². The van der Waals surface area contributed by atoms with Gasteiger partial charge in [-0.3, -0.25) is 20.7 Å². The van der Waals surface area contributed by atoms with Crippen LogP contribution in [0.4, 0.5) is 0 Å². The fourth-order valence-corrected chi connectivity index (χ4v) is 6.64. The van der Waals surface area contributed by atoms with Gasteiger partial charge in [0.05, 0.1) is 5.54 Å². The summed E-state index contributed by atoms with van der Waals surface area (Å²) in [5, 5.41) is 15.0. The zero-order chi connectivity index (χ0) is 22.9. The van der Waals surface area contributed by atoms with Crippen LogP contribution in [0.3, 0.4) is 0 Å². The molecular weight excluding hydrogens is 400 g/mol. The molecule has 6 heteroatoms. The molecule has 178 valence electrons. The van der Waals surface area contributed by atoms with Crippen LogP contribution in [0.5, 0.6) is 0 Å². The minimum Gasteiger partial charge on any atom is -0.377 e. The monoisotopic (exact) mass is 442 g/mol. The summed E-state index contributed by atoms with van der Waals surface area (Å²) in [6, 6.07) is 10.6. The van der Waals surface area contributed by atoms with Crippen LogP contribution in [0.25, 0.3) is 0 Å². The maximum Gasteiger partial charge on any atom is 0.244 e. The third kappa shape index (κ3) is 4.47. The molecule has 2 aliphatic heterocycles. The Kier molecular flexibility index (Phi) is 6.97. The zero-order valence-electron chi connectivity index (χ0n) is 20.1. The standard InChI is InChI=1S/C26H42N4O2/c1-19(2)16-25(3)22(31)30(24(27)28-25)18-20-10-9-15-29(17-20)23(32)26(13-7-8-14-26)21-11-5-4-6-12-21/h4-6,11-12,19-20,23-24,28,32H,7-10,13-18,27H2,1-3H3. The SMILES string of the molecule is CC(C)CC1(C)NC(N)N(CC2CCCN(C(O)C3(c4ccccc4)CCCC3)C2)C1=O. The van der Waals surface area contributed by atoms with Crippen LogP contribution in [-0.4, -0.2) is 58.5 Å². The van der Waals surface area contributed by atoms with E-state index >= 15 is 0 Å². The Morgan fingerprint density at radius 1 is 1.19 bits per heavy atom. The lowest BCUT2D eigenvalue weighted by molar-refractivity contribution is -0.134. The van der Waals surface area contributed by atoms with Crippen LogP contribution < -0.4 is 11.1 Å². The van der Waals surface area contributed by atoms with E-state index in [1.165, 1.54) is 18.4 Å². The Bertz CT molecular complexity index is 779. The number of carbonyl (C=O) groups is 1. The Morgan fingerprint density at radius 2 is 1.88 bits per heavy atom. The van der Waals surface area contributed by atoms with Gasteiger partial charge >= 0.3 is 0 Å². The van der Waals surface area contributed by atoms with Crippen molar-refractivity contribution in [3.63, 3.8) is 0 Å². The third-order valence-corrected chi connectivity index (χ3v) is 8.04. The van der Waals surface area contributed by atoms with Gasteiger partial charge in [-0.15, -0.1) is 0 Å². The first-order valence-corrected chi connectivity index (χ1v) is 12.6. The predicted octanol–water partition coefficient (Wildman–Crippen LogP) is 3.01. The first-order chi connectivity index (χ1) is 15.2. The maximum atomic E-state index is 13.2. The zero-order valence-corrected chi connectivity index (χ0v) is 20.1. The van der Waals surface area contributed by atoms with E-state index < -0.39 is 18.1 Å². The van der Waals surface area contributed by atoms with E-state index in [2.05, 4.69) is 48.3 Å². The second kappa shape index (κ2) is 9.41. The van der Waals surface area contributed by atoms with E-state index in [1.54, 1.807) is 0 Å². The fourth-order valence-electron chi connectivity index (χ4n) is 6.64. The molecule has 1 aromatic rings. The van der Waals surface area contributed by atoms with Crippen molar-refractivity contribution in [1.82, 2.24) is 15.1 Å². The lowest BCUT2D eigenvalue weighted by Gasteiger charge is -2.45. The number of carbonyl (C=O) groups excluding carboxylic acids is 1. The van der Waals surface area contributed by atoms with Crippen molar-refractivity contribution >= 4 is 5.91 Å². The Morgan fingerprint density at radius 3 is 2.53 bits per heavy atom. The summed E-state index contributed by atoms with van der Waals surface area (Å²) in [5.41, 5.74) is 6.86. The van der Waals surface area contributed by atoms with Crippen LogP contribution in [0.1, 0.15) is 71.3 Å². The van der Waals surface area contributed by atoms with E-state index in [9.17, 15) is 9.90 Å². The number of aliphatic hydroxyl groups is 1. The molecule has 3 aliphatic rings. The molecule has 3 fully saturated rings.